The SMILES string of the molecule is Cc1ccc2c(n1)N(C(C)C)CCN2C. The Morgan fingerprint density at radius 1 is 1.27 bits per heavy atom. The van der Waals surface area contributed by atoms with Crippen LogP contribution in [0.5, 0.6) is 0 Å². The van der Waals surface area contributed by atoms with E-state index in [1.165, 1.54) is 5.69 Å². The standard InChI is InChI=1S/C12H19N3/c1-9(2)15-8-7-14(4)11-6-5-10(3)13-12(11)15/h5-6,9H,7-8H2,1-4H3. The average molecular weight is 205 g/mol. The molecule has 1 aromatic heterocycles. The molecular formula is C12H19N3. The van der Waals surface area contributed by atoms with Gasteiger partial charge in [-0.2, -0.15) is 0 Å². The first-order valence-electron chi connectivity index (χ1n) is 5.55. The van der Waals surface area contributed by atoms with E-state index in [1.807, 2.05) is 6.92 Å². The maximum absolute atomic E-state index is 4.65. The molecule has 15 heavy (non-hydrogen) atoms. The molecule has 2 rings (SSSR count). The molecule has 3 heteroatoms. The highest BCUT2D eigenvalue weighted by molar-refractivity contribution is 5.69. The van der Waals surface area contributed by atoms with Gasteiger partial charge in [0, 0.05) is 31.9 Å². The number of nitrogens with zero attached hydrogens (tertiary/aromatic N) is 3. The summed E-state index contributed by atoms with van der Waals surface area (Å²) in [7, 11) is 2.13. The summed E-state index contributed by atoms with van der Waals surface area (Å²) in [6.07, 6.45) is 0. The number of hydrogen-bond acceptors (Lipinski definition) is 3. The van der Waals surface area contributed by atoms with Crippen LogP contribution in [0.4, 0.5) is 11.5 Å². The van der Waals surface area contributed by atoms with Crippen molar-refractivity contribution in [1.82, 2.24) is 4.98 Å². The van der Waals surface area contributed by atoms with E-state index in [-0.39, 0.29) is 0 Å². The molecule has 0 saturated carbocycles. The molecule has 0 saturated heterocycles. The van der Waals surface area contributed by atoms with Gasteiger partial charge in [0.05, 0.1) is 5.69 Å². The zero-order chi connectivity index (χ0) is 11.0. The third kappa shape index (κ3) is 1.78. The molecule has 0 spiro atoms. The maximum Gasteiger partial charge on any atom is 0.152 e. The highest BCUT2D eigenvalue weighted by Crippen LogP contribution is 2.31. The summed E-state index contributed by atoms with van der Waals surface area (Å²) in [6.45, 7) is 8.64. The van der Waals surface area contributed by atoms with Crippen LogP contribution >= 0.6 is 0 Å². The Hall–Kier alpha value is -1.25. The molecule has 2 heterocycles. The Labute approximate surface area is 91.7 Å². The fourth-order valence-electron chi connectivity index (χ4n) is 2.03. The van der Waals surface area contributed by atoms with Gasteiger partial charge in [-0.25, -0.2) is 4.98 Å². The number of hydrogen-bond donors (Lipinski definition) is 0. The molecule has 0 bridgehead atoms. The van der Waals surface area contributed by atoms with Crippen LogP contribution in [0.3, 0.4) is 0 Å². The molecule has 0 aliphatic carbocycles. The third-order valence-corrected chi connectivity index (χ3v) is 2.98. The normalized spacial score (nSPS) is 15.8. The van der Waals surface area contributed by atoms with Crippen molar-refractivity contribution >= 4 is 11.5 Å². The monoisotopic (exact) mass is 205 g/mol. The molecule has 1 aliphatic heterocycles. The Kier molecular flexibility index (Phi) is 2.55. The lowest BCUT2D eigenvalue weighted by Gasteiger charge is -2.38. The van der Waals surface area contributed by atoms with Gasteiger partial charge in [0.15, 0.2) is 5.82 Å². The molecular weight excluding hydrogens is 186 g/mol. The van der Waals surface area contributed by atoms with E-state index in [4.69, 9.17) is 0 Å². The topological polar surface area (TPSA) is 19.4 Å². The van der Waals surface area contributed by atoms with Gasteiger partial charge in [-0.15, -0.1) is 0 Å². The van der Waals surface area contributed by atoms with Gasteiger partial charge in [0.1, 0.15) is 0 Å². The molecule has 0 aromatic carbocycles. The molecule has 0 atom stereocenters. The van der Waals surface area contributed by atoms with Crippen molar-refractivity contribution in [2.75, 3.05) is 29.9 Å². The van der Waals surface area contributed by atoms with Crippen LogP contribution in [0.25, 0.3) is 0 Å². The minimum absolute atomic E-state index is 0.520. The quantitative estimate of drug-likeness (QED) is 0.699. The zero-order valence-corrected chi connectivity index (χ0v) is 9.99. The van der Waals surface area contributed by atoms with Gasteiger partial charge in [0.25, 0.3) is 0 Å². The smallest absolute Gasteiger partial charge is 0.152 e. The fraction of sp³-hybridized carbons (Fsp3) is 0.583. The van der Waals surface area contributed by atoms with E-state index in [1.54, 1.807) is 0 Å². The predicted molar refractivity (Wildman–Crippen MR) is 64.7 cm³/mol. The van der Waals surface area contributed by atoms with E-state index >= 15 is 0 Å². The van der Waals surface area contributed by atoms with E-state index in [2.05, 4.69) is 47.8 Å². The van der Waals surface area contributed by atoms with Crippen LogP contribution in [-0.4, -0.2) is 31.2 Å². The Morgan fingerprint density at radius 2 is 2.00 bits per heavy atom. The largest absolute Gasteiger partial charge is 0.370 e. The summed E-state index contributed by atoms with van der Waals surface area (Å²) in [6, 6.07) is 4.78. The molecule has 0 amide bonds. The third-order valence-electron chi connectivity index (χ3n) is 2.98. The van der Waals surface area contributed by atoms with Gasteiger partial charge in [-0.1, -0.05) is 0 Å². The maximum atomic E-state index is 4.65. The molecule has 0 N–H and O–H groups in total. The minimum Gasteiger partial charge on any atom is -0.370 e. The van der Waals surface area contributed by atoms with Crippen LogP contribution in [0.1, 0.15) is 19.5 Å². The second-order valence-electron chi connectivity index (χ2n) is 4.50. The van der Waals surface area contributed by atoms with E-state index < -0.39 is 0 Å². The first-order valence-corrected chi connectivity index (χ1v) is 5.55. The zero-order valence-electron chi connectivity index (χ0n) is 9.99. The number of pyridine rings is 1. The van der Waals surface area contributed by atoms with Gasteiger partial charge in [-0.3, -0.25) is 0 Å². The van der Waals surface area contributed by atoms with Crippen molar-refractivity contribution in [3.63, 3.8) is 0 Å². The minimum atomic E-state index is 0.520. The summed E-state index contributed by atoms with van der Waals surface area (Å²) < 4.78 is 0. The van der Waals surface area contributed by atoms with E-state index in [0.29, 0.717) is 6.04 Å². The summed E-state index contributed by atoms with van der Waals surface area (Å²) in [5.41, 5.74) is 2.34. The molecule has 0 radical (unpaired) electrons. The second kappa shape index (κ2) is 3.72. The Bertz CT molecular complexity index is 360. The van der Waals surface area contributed by atoms with Crippen LogP contribution < -0.4 is 9.80 Å². The van der Waals surface area contributed by atoms with Crippen LogP contribution in [0.2, 0.25) is 0 Å². The molecule has 1 aromatic rings. The number of aromatic nitrogens is 1. The molecule has 0 fully saturated rings. The number of fused-ring (bicyclic) bond motifs is 1. The van der Waals surface area contributed by atoms with Gasteiger partial charge in [-0.05, 0) is 32.9 Å². The van der Waals surface area contributed by atoms with E-state index in [9.17, 15) is 0 Å². The summed E-state index contributed by atoms with van der Waals surface area (Å²) in [4.78, 5) is 9.31. The lowest BCUT2D eigenvalue weighted by molar-refractivity contribution is 0.644. The number of rotatable bonds is 1. The van der Waals surface area contributed by atoms with Gasteiger partial charge < -0.3 is 9.80 Å². The lowest BCUT2D eigenvalue weighted by Crippen LogP contribution is -2.43. The molecule has 3 nitrogen and oxygen atoms in total. The lowest BCUT2D eigenvalue weighted by atomic mass is 10.2. The second-order valence-corrected chi connectivity index (χ2v) is 4.50. The van der Waals surface area contributed by atoms with Crippen LogP contribution in [-0.2, 0) is 0 Å². The fourth-order valence-corrected chi connectivity index (χ4v) is 2.03. The van der Waals surface area contributed by atoms with Crippen molar-refractivity contribution < 1.29 is 0 Å². The number of likely N-dealkylation sites (N-methyl/N-ethyl adjacent to an activating group) is 1. The summed E-state index contributed by atoms with van der Waals surface area (Å²) in [5, 5.41) is 0. The number of anilines is 2. The van der Waals surface area contributed by atoms with Gasteiger partial charge >= 0.3 is 0 Å². The van der Waals surface area contributed by atoms with Crippen LogP contribution in [0.15, 0.2) is 12.1 Å². The van der Waals surface area contributed by atoms with Crippen molar-refractivity contribution in [3.8, 4) is 0 Å². The van der Waals surface area contributed by atoms with Gasteiger partial charge in [0.2, 0.25) is 0 Å². The van der Waals surface area contributed by atoms with E-state index in [0.717, 1.165) is 24.6 Å². The summed E-state index contributed by atoms with van der Waals surface area (Å²) >= 11 is 0. The van der Waals surface area contributed by atoms with Crippen molar-refractivity contribution in [2.45, 2.75) is 26.8 Å². The number of aryl methyl sites for hydroxylation is 1. The highest BCUT2D eigenvalue weighted by atomic mass is 15.3. The summed E-state index contributed by atoms with van der Waals surface area (Å²) in [5.74, 6) is 1.14. The highest BCUT2D eigenvalue weighted by Gasteiger charge is 2.23. The van der Waals surface area contributed by atoms with Crippen molar-refractivity contribution in [2.24, 2.45) is 0 Å². The predicted octanol–water partition coefficient (Wildman–Crippen LogP) is 2.05. The first kappa shape index (κ1) is 10.3. The van der Waals surface area contributed by atoms with Crippen molar-refractivity contribution in [1.29, 1.82) is 0 Å². The molecule has 0 unspecified atom stereocenters. The molecule has 1 aliphatic rings. The average Bonchev–Trinajstić information content (AvgIpc) is 2.17. The molecule has 82 valence electrons. The first-order chi connectivity index (χ1) is 7.09. The van der Waals surface area contributed by atoms with Crippen LogP contribution in [0, 0.1) is 6.92 Å². The van der Waals surface area contributed by atoms with Crippen molar-refractivity contribution in [3.05, 3.63) is 17.8 Å². The Balaban J connectivity index is 2.46. The Morgan fingerprint density at radius 3 is 2.67 bits per heavy atom.